The molecule has 0 N–H and O–H groups in total. The smallest absolute Gasteiger partial charge is 0.217 e. The van der Waals surface area contributed by atoms with E-state index in [4.69, 9.17) is 28.5 Å². The van der Waals surface area contributed by atoms with Crippen molar-refractivity contribution in [3.05, 3.63) is 87.4 Å². The van der Waals surface area contributed by atoms with Crippen LogP contribution in [0, 0.1) is 18.3 Å². The lowest BCUT2D eigenvalue weighted by molar-refractivity contribution is 0.632. The fourth-order valence-electron chi connectivity index (χ4n) is 3.50. The number of halogens is 2. The third-order valence-corrected chi connectivity index (χ3v) is 6.87. The maximum absolute atomic E-state index is 9.07. The second kappa shape index (κ2) is 10.2. The molecular weight excluding hydrogens is 459 g/mol. The summed E-state index contributed by atoms with van der Waals surface area (Å²) >= 11 is 13.5. The summed E-state index contributed by atoms with van der Waals surface area (Å²) in [6, 6.07) is 22.4. The molecule has 0 aliphatic heterocycles. The van der Waals surface area contributed by atoms with Crippen molar-refractivity contribution >= 4 is 55.6 Å². The Morgan fingerprint density at radius 2 is 1.72 bits per heavy atom. The highest BCUT2D eigenvalue weighted by molar-refractivity contribution is 7.22. The molecule has 4 aromatic rings. The Morgan fingerprint density at radius 3 is 2.44 bits per heavy atom. The summed E-state index contributed by atoms with van der Waals surface area (Å²) in [7, 11) is 0. The van der Waals surface area contributed by atoms with Gasteiger partial charge in [-0.3, -0.25) is 0 Å². The molecule has 160 valence electrons. The average molecular weight is 479 g/mol. The third kappa shape index (κ3) is 5.52. The van der Waals surface area contributed by atoms with E-state index < -0.39 is 0 Å². The summed E-state index contributed by atoms with van der Waals surface area (Å²) < 4.78 is 0.917. The summed E-state index contributed by atoms with van der Waals surface area (Å²) in [6.07, 6.45) is 2.26. The number of nitrogens with zero attached hydrogens (tertiary/aromatic N) is 4. The predicted molar refractivity (Wildman–Crippen MR) is 133 cm³/mol. The maximum atomic E-state index is 9.07. The summed E-state index contributed by atoms with van der Waals surface area (Å²) in [5.74, 6) is 0.280. The van der Waals surface area contributed by atoms with Crippen molar-refractivity contribution in [2.24, 2.45) is 10.2 Å². The zero-order valence-corrected chi connectivity index (χ0v) is 19.8. The summed E-state index contributed by atoms with van der Waals surface area (Å²) in [5.41, 5.74) is 5.22. The van der Waals surface area contributed by atoms with Crippen molar-refractivity contribution in [1.29, 1.82) is 5.26 Å². The van der Waals surface area contributed by atoms with E-state index in [-0.39, 0.29) is 5.92 Å². The van der Waals surface area contributed by atoms with E-state index in [0.717, 1.165) is 28.7 Å². The van der Waals surface area contributed by atoms with Gasteiger partial charge in [0.25, 0.3) is 0 Å². The minimum absolute atomic E-state index is 0.280. The molecule has 1 heterocycles. The van der Waals surface area contributed by atoms with Crippen molar-refractivity contribution in [1.82, 2.24) is 4.98 Å². The van der Waals surface area contributed by atoms with Crippen LogP contribution in [0.3, 0.4) is 0 Å². The standard InChI is InChI=1S/C25H20Cl2N4S/c1-16-4-6-17(7-5-16)13-19(3-2-12-28)18-8-10-20(11-9-18)30-31-25-29-23-14-21(26)22(27)15-24(23)32-25/h4-11,14-15,19H,2-3,13H2,1H3. The van der Waals surface area contributed by atoms with Crippen LogP contribution in [0.5, 0.6) is 0 Å². The van der Waals surface area contributed by atoms with Gasteiger partial charge in [0.1, 0.15) is 0 Å². The lowest BCUT2D eigenvalue weighted by atomic mass is 9.88. The van der Waals surface area contributed by atoms with Crippen molar-refractivity contribution in [3.63, 3.8) is 0 Å². The molecule has 0 aliphatic rings. The molecule has 32 heavy (non-hydrogen) atoms. The van der Waals surface area contributed by atoms with Crippen LogP contribution in [0.4, 0.5) is 10.8 Å². The fourth-order valence-corrected chi connectivity index (χ4v) is 4.70. The van der Waals surface area contributed by atoms with Gasteiger partial charge < -0.3 is 0 Å². The molecule has 0 spiro atoms. The summed E-state index contributed by atoms with van der Waals surface area (Å²) in [5, 5.41) is 19.2. The molecule has 0 aliphatic carbocycles. The highest BCUT2D eigenvalue weighted by Gasteiger charge is 2.13. The summed E-state index contributed by atoms with van der Waals surface area (Å²) in [6.45, 7) is 2.09. The molecule has 1 aromatic heterocycles. The van der Waals surface area contributed by atoms with Crippen LogP contribution in [0.15, 0.2) is 70.9 Å². The number of fused-ring (bicyclic) bond motifs is 1. The van der Waals surface area contributed by atoms with E-state index in [0.29, 0.717) is 21.6 Å². The molecule has 4 rings (SSSR count). The van der Waals surface area contributed by atoms with Crippen LogP contribution in [-0.4, -0.2) is 4.98 Å². The topological polar surface area (TPSA) is 61.4 Å². The highest BCUT2D eigenvalue weighted by atomic mass is 35.5. The lowest BCUT2D eigenvalue weighted by Gasteiger charge is -2.16. The number of hydrogen-bond acceptors (Lipinski definition) is 5. The molecule has 0 saturated carbocycles. The Hall–Kier alpha value is -2.78. The second-order valence-electron chi connectivity index (χ2n) is 7.61. The van der Waals surface area contributed by atoms with E-state index in [1.54, 1.807) is 12.1 Å². The third-order valence-electron chi connectivity index (χ3n) is 5.24. The van der Waals surface area contributed by atoms with E-state index >= 15 is 0 Å². The van der Waals surface area contributed by atoms with E-state index in [1.165, 1.54) is 28.0 Å². The molecule has 1 unspecified atom stereocenters. The zero-order valence-electron chi connectivity index (χ0n) is 17.4. The van der Waals surface area contributed by atoms with Crippen molar-refractivity contribution in [2.75, 3.05) is 0 Å². The van der Waals surface area contributed by atoms with Gasteiger partial charge >= 0.3 is 0 Å². The molecule has 0 bridgehead atoms. The van der Waals surface area contributed by atoms with Gasteiger partial charge in [-0.1, -0.05) is 76.5 Å². The van der Waals surface area contributed by atoms with Crippen molar-refractivity contribution < 1.29 is 0 Å². The Labute approximate surface area is 201 Å². The van der Waals surface area contributed by atoms with Crippen LogP contribution < -0.4 is 0 Å². The monoisotopic (exact) mass is 478 g/mol. The van der Waals surface area contributed by atoms with E-state index in [9.17, 15) is 0 Å². The SMILES string of the molecule is Cc1ccc(CC(CCC#N)c2ccc(N=Nc3nc4cc(Cl)c(Cl)cc4s3)cc2)cc1. The first-order valence-electron chi connectivity index (χ1n) is 10.2. The number of thiazole rings is 1. The first-order valence-corrected chi connectivity index (χ1v) is 11.8. The molecule has 0 fully saturated rings. The van der Waals surface area contributed by atoms with Crippen LogP contribution >= 0.6 is 34.5 Å². The van der Waals surface area contributed by atoms with Gasteiger partial charge in [-0.2, -0.15) is 5.26 Å². The Kier molecular flexibility index (Phi) is 7.16. The van der Waals surface area contributed by atoms with Gasteiger partial charge in [-0.15, -0.1) is 10.2 Å². The molecule has 0 amide bonds. The van der Waals surface area contributed by atoms with Crippen molar-refractivity contribution in [3.8, 4) is 6.07 Å². The number of aryl methyl sites for hydroxylation is 1. The first-order chi connectivity index (χ1) is 15.5. The van der Waals surface area contributed by atoms with Gasteiger partial charge in [-0.05, 0) is 61.1 Å². The molecular formula is C25H20Cl2N4S. The normalized spacial score (nSPS) is 12.3. The first kappa shape index (κ1) is 22.4. The van der Waals surface area contributed by atoms with Crippen LogP contribution in [-0.2, 0) is 6.42 Å². The molecule has 7 heteroatoms. The number of benzene rings is 3. The quantitative estimate of drug-likeness (QED) is 0.248. The van der Waals surface area contributed by atoms with E-state index in [1.807, 2.05) is 12.1 Å². The highest BCUT2D eigenvalue weighted by Crippen LogP contribution is 2.35. The number of rotatable bonds is 7. The molecule has 0 saturated heterocycles. The predicted octanol–water partition coefficient (Wildman–Crippen LogP) is 8.96. The molecule has 4 nitrogen and oxygen atoms in total. The maximum Gasteiger partial charge on any atom is 0.231 e. The molecule has 3 aromatic carbocycles. The fraction of sp³-hybridized carbons (Fsp3) is 0.200. The molecule has 1 atom stereocenters. The largest absolute Gasteiger partial charge is 0.231 e. The summed E-state index contributed by atoms with van der Waals surface area (Å²) in [4.78, 5) is 4.45. The van der Waals surface area contributed by atoms with Gasteiger partial charge in [0.05, 0.1) is 32.0 Å². The van der Waals surface area contributed by atoms with Gasteiger partial charge in [0.15, 0.2) is 0 Å². The Bertz CT molecular complexity index is 1250. The number of aromatic nitrogens is 1. The minimum Gasteiger partial charge on any atom is -0.217 e. The average Bonchev–Trinajstić information content (AvgIpc) is 3.18. The number of azo groups is 1. The Balaban J connectivity index is 1.50. The van der Waals surface area contributed by atoms with Crippen molar-refractivity contribution in [2.45, 2.75) is 32.1 Å². The minimum atomic E-state index is 0.280. The van der Waals surface area contributed by atoms with Gasteiger partial charge in [-0.25, -0.2) is 4.98 Å². The Morgan fingerprint density at radius 1 is 1.00 bits per heavy atom. The van der Waals surface area contributed by atoms with Gasteiger partial charge in [0, 0.05) is 6.42 Å². The second-order valence-corrected chi connectivity index (χ2v) is 9.43. The number of hydrogen-bond donors (Lipinski definition) is 0. The number of nitriles is 1. The van der Waals surface area contributed by atoms with Crippen LogP contribution in [0.1, 0.15) is 35.4 Å². The van der Waals surface area contributed by atoms with Gasteiger partial charge in [0.2, 0.25) is 5.13 Å². The van der Waals surface area contributed by atoms with Crippen LogP contribution in [0.25, 0.3) is 10.2 Å². The zero-order chi connectivity index (χ0) is 22.5. The lowest BCUT2D eigenvalue weighted by Crippen LogP contribution is -2.03. The van der Waals surface area contributed by atoms with Crippen LogP contribution in [0.2, 0.25) is 10.0 Å². The molecule has 0 radical (unpaired) electrons. The van der Waals surface area contributed by atoms with E-state index in [2.05, 4.69) is 64.6 Å².